The number of hydrogen-bond donors (Lipinski definition) is 0. The largest absolute Gasteiger partial charge is 0.497 e. The van der Waals surface area contributed by atoms with Crippen molar-refractivity contribution in [2.45, 2.75) is 25.9 Å². The molecule has 3 rings (SSSR count). The van der Waals surface area contributed by atoms with E-state index < -0.39 is 0 Å². The number of amides is 1. The van der Waals surface area contributed by atoms with E-state index in [4.69, 9.17) is 9.47 Å². The first-order valence-electron chi connectivity index (χ1n) is 8.75. The predicted molar refractivity (Wildman–Crippen MR) is 97.8 cm³/mol. The summed E-state index contributed by atoms with van der Waals surface area (Å²) in [5, 5.41) is 0. The molecule has 2 aromatic carbocycles. The van der Waals surface area contributed by atoms with Crippen LogP contribution >= 0.6 is 0 Å². The highest BCUT2D eigenvalue weighted by Gasteiger charge is 2.25. The summed E-state index contributed by atoms with van der Waals surface area (Å²) < 4.78 is 11.1. The average Bonchev–Trinajstić information content (AvgIpc) is 2.66. The van der Waals surface area contributed by atoms with Crippen molar-refractivity contribution in [3.63, 3.8) is 0 Å². The van der Waals surface area contributed by atoms with Gasteiger partial charge in [0.25, 0.3) is 0 Å². The number of rotatable bonds is 5. The fourth-order valence-corrected chi connectivity index (χ4v) is 3.25. The fraction of sp³-hybridized carbons (Fsp3) is 0.381. The quantitative estimate of drug-likeness (QED) is 0.836. The van der Waals surface area contributed by atoms with Crippen LogP contribution in [0.25, 0.3) is 0 Å². The van der Waals surface area contributed by atoms with Crippen LogP contribution in [0, 0.1) is 6.92 Å². The highest BCUT2D eigenvalue weighted by Crippen LogP contribution is 2.25. The van der Waals surface area contributed by atoms with Gasteiger partial charge in [0, 0.05) is 13.0 Å². The zero-order valence-electron chi connectivity index (χ0n) is 14.9. The molecule has 0 aliphatic carbocycles. The highest BCUT2D eigenvalue weighted by molar-refractivity contribution is 5.76. The van der Waals surface area contributed by atoms with Crippen LogP contribution in [-0.2, 0) is 16.0 Å². The van der Waals surface area contributed by atoms with Gasteiger partial charge in [-0.05, 0) is 42.2 Å². The molecule has 1 saturated heterocycles. The molecule has 1 heterocycles. The molecule has 2 aromatic rings. The van der Waals surface area contributed by atoms with E-state index in [1.807, 2.05) is 41.3 Å². The number of carbonyl (C=O) groups is 1. The lowest BCUT2D eigenvalue weighted by Gasteiger charge is -2.34. The summed E-state index contributed by atoms with van der Waals surface area (Å²) in [6.45, 7) is 3.97. The molecule has 1 aliphatic rings. The Bertz CT molecular complexity index is 729. The Morgan fingerprint density at radius 2 is 2.08 bits per heavy atom. The molecule has 1 aliphatic heterocycles. The van der Waals surface area contributed by atoms with E-state index in [-0.39, 0.29) is 12.0 Å². The number of morpholine rings is 1. The zero-order valence-corrected chi connectivity index (χ0v) is 14.9. The maximum atomic E-state index is 12.6. The predicted octanol–water partition coefficient (Wildman–Crippen LogP) is 3.54. The van der Waals surface area contributed by atoms with Crippen LogP contribution in [0.5, 0.6) is 5.75 Å². The Balaban J connectivity index is 1.59. The van der Waals surface area contributed by atoms with Gasteiger partial charge in [-0.25, -0.2) is 0 Å². The van der Waals surface area contributed by atoms with Crippen molar-refractivity contribution < 1.29 is 14.3 Å². The topological polar surface area (TPSA) is 38.8 Å². The van der Waals surface area contributed by atoms with Gasteiger partial charge in [-0.2, -0.15) is 0 Å². The lowest BCUT2D eigenvalue weighted by atomic mass is 10.0. The van der Waals surface area contributed by atoms with Crippen LogP contribution in [0.15, 0.2) is 48.5 Å². The van der Waals surface area contributed by atoms with Crippen LogP contribution < -0.4 is 4.74 Å². The SMILES string of the molecule is COc1cccc(CCC(=O)N2CCOC(c3ccccc3C)C2)c1. The van der Waals surface area contributed by atoms with Crippen LogP contribution in [0.1, 0.15) is 29.2 Å². The van der Waals surface area contributed by atoms with Crippen LogP contribution in [0.4, 0.5) is 0 Å². The van der Waals surface area contributed by atoms with Gasteiger partial charge in [0.15, 0.2) is 0 Å². The first-order valence-corrected chi connectivity index (χ1v) is 8.75. The molecule has 4 heteroatoms. The summed E-state index contributed by atoms with van der Waals surface area (Å²) in [7, 11) is 1.66. The third-order valence-corrected chi connectivity index (χ3v) is 4.72. The monoisotopic (exact) mass is 339 g/mol. The van der Waals surface area contributed by atoms with E-state index >= 15 is 0 Å². The number of aryl methyl sites for hydroxylation is 2. The summed E-state index contributed by atoms with van der Waals surface area (Å²) in [4.78, 5) is 14.6. The molecule has 0 bridgehead atoms. The molecule has 1 fully saturated rings. The Hall–Kier alpha value is -2.33. The molecule has 0 saturated carbocycles. The number of benzene rings is 2. The van der Waals surface area contributed by atoms with Crippen LogP contribution in [0.3, 0.4) is 0 Å². The molecule has 1 amide bonds. The number of hydrogen-bond acceptors (Lipinski definition) is 3. The van der Waals surface area contributed by atoms with Gasteiger partial charge in [0.1, 0.15) is 11.9 Å². The number of ether oxygens (including phenoxy) is 2. The first-order chi connectivity index (χ1) is 12.2. The normalized spacial score (nSPS) is 17.4. The maximum absolute atomic E-state index is 12.6. The minimum absolute atomic E-state index is 0.0317. The van der Waals surface area contributed by atoms with Gasteiger partial charge in [-0.15, -0.1) is 0 Å². The van der Waals surface area contributed by atoms with Crippen LogP contribution in [0.2, 0.25) is 0 Å². The van der Waals surface area contributed by atoms with Crippen molar-refractivity contribution >= 4 is 5.91 Å². The second-order valence-electron chi connectivity index (χ2n) is 6.41. The highest BCUT2D eigenvalue weighted by atomic mass is 16.5. The molecule has 25 heavy (non-hydrogen) atoms. The summed E-state index contributed by atoms with van der Waals surface area (Å²) >= 11 is 0. The van der Waals surface area contributed by atoms with E-state index in [2.05, 4.69) is 19.1 Å². The van der Waals surface area contributed by atoms with E-state index in [1.165, 1.54) is 11.1 Å². The molecular formula is C21H25NO3. The molecule has 0 radical (unpaired) electrons. The number of nitrogens with zero attached hydrogens (tertiary/aromatic N) is 1. The van der Waals surface area contributed by atoms with Gasteiger partial charge in [-0.3, -0.25) is 4.79 Å². The second kappa shape index (κ2) is 8.17. The molecule has 4 nitrogen and oxygen atoms in total. The third-order valence-electron chi connectivity index (χ3n) is 4.72. The molecule has 1 unspecified atom stereocenters. The van der Waals surface area contributed by atoms with E-state index in [0.717, 1.165) is 17.7 Å². The molecule has 1 atom stereocenters. The van der Waals surface area contributed by atoms with Gasteiger partial charge < -0.3 is 14.4 Å². The summed E-state index contributed by atoms with van der Waals surface area (Å²) in [6.07, 6.45) is 1.20. The van der Waals surface area contributed by atoms with Crippen molar-refractivity contribution in [3.05, 3.63) is 65.2 Å². The minimum atomic E-state index is -0.0317. The van der Waals surface area contributed by atoms with Crippen molar-refractivity contribution in [1.29, 1.82) is 0 Å². The van der Waals surface area contributed by atoms with Gasteiger partial charge in [0.2, 0.25) is 5.91 Å². The van der Waals surface area contributed by atoms with Crippen LogP contribution in [-0.4, -0.2) is 37.6 Å². The van der Waals surface area contributed by atoms with Crippen molar-refractivity contribution in [1.82, 2.24) is 4.90 Å². The van der Waals surface area contributed by atoms with E-state index in [0.29, 0.717) is 26.1 Å². The summed E-state index contributed by atoms with van der Waals surface area (Å²) in [6, 6.07) is 16.1. The standard InChI is InChI=1S/C21H25NO3/c1-16-6-3-4-9-19(16)20-15-22(12-13-25-20)21(23)11-10-17-7-5-8-18(14-17)24-2/h3-9,14,20H,10-13,15H2,1-2H3. The third kappa shape index (κ3) is 4.40. The molecule has 132 valence electrons. The summed E-state index contributed by atoms with van der Waals surface area (Å²) in [5.74, 6) is 1.01. The Morgan fingerprint density at radius 3 is 2.88 bits per heavy atom. The van der Waals surface area contributed by atoms with Gasteiger partial charge in [-0.1, -0.05) is 36.4 Å². The molecular weight excluding hydrogens is 314 g/mol. The zero-order chi connectivity index (χ0) is 17.6. The maximum Gasteiger partial charge on any atom is 0.223 e. The average molecular weight is 339 g/mol. The Kier molecular flexibility index (Phi) is 5.71. The van der Waals surface area contributed by atoms with Crippen molar-refractivity contribution in [3.8, 4) is 5.75 Å². The lowest BCUT2D eigenvalue weighted by molar-refractivity contribution is -0.139. The fourth-order valence-electron chi connectivity index (χ4n) is 3.25. The smallest absolute Gasteiger partial charge is 0.223 e. The molecule has 0 spiro atoms. The summed E-state index contributed by atoms with van der Waals surface area (Å²) in [5.41, 5.74) is 3.50. The van der Waals surface area contributed by atoms with Gasteiger partial charge in [0.05, 0.1) is 20.3 Å². The molecule has 0 N–H and O–H groups in total. The van der Waals surface area contributed by atoms with Crippen molar-refractivity contribution in [2.24, 2.45) is 0 Å². The Morgan fingerprint density at radius 1 is 1.24 bits per heavy atom. The Labute approximate surface area is 149 Å². The lowest BCUT2D eigenvalue weighted by Crippen LogP contribution is -2.42. The van der Waals surface area contributed by atoms with E-state index in [1.54, 1.807) is 7.11 Å². The second-order valence-corrected chi connectivity index (χ2v) is 6.41. The minimum Gasteiger partial charge on any atom is -0.497 e. The number of carbonyl (C=O) groups excluding carboxylic acids is 1. The number of methoxy groups -OCH3 is 1. The van der Waals surface area contributed by atoms with Crippen molar-refractivity contribution in [2.75, 3.05) is 26.8 Å². The molecule has 0 aromatic heterocycles. The first kappa shape index (κ1) is 17.5. The van der Waals surface area contributed by atoms with E-state index in [9.17, 15) is 4.79 Å². The van der Waals surface area contributed by atoms with Gasteiger partial charge >= 0.3 is 0 Å².